The van der Waals surface area contributed by atoms with Gasteiger partial charge in [-0.1, -0.05) is 20.8 Å². The topological polar surface area (TPSA) is 108 Å². The summed E-state index contributed by atoms with van der Waals surface area (Å²) in [5, 5.41) is 0. The molecule has 0 aliphatic carbocycles. The molecule has 1 saturated heterocycles. The van der Waals surface area contributed by atoms with E-state index in [2.05, 4.69) is 35.7 Å². The van der Waals surface area contributed by atoms with E-state index in [0.29, 0.717) is 12.1 Å². The van der Waals surface area contributed by atoms with Gasteiger partial charge in [-0.25, -0.2) is 4.98 Å². The first-order valence-corrected chi connectivity index (χ1v) is 8.98. The van der Waals surface area contributed by atoms with Gasteiger partial charge in [-0.05, 0) is 32.6 Å². The largest absolute Gasteiger partial charge is 0.370 e. The Bertz CT molecular complexity index is 819. The fourth-order valence-electron chi connectivity index (χ4n) is 3.39. The van der Waals surface area contributed by atoms with E-state index in [-0.39, 0.29) is 46.5 Å². The summed E-state index contributed by atoms with van der Waals surface area (Å²) in [6.45, 7) is 12.7. The molecule has 0 radical (unpaired) electrons. The van der Waals surface area contributed by atoms with E-state index in [0.717, 1.165) is 6.42 Å². The number of anilines is 1. The zero-order valence-corrected chi connectivity index (χ0v) is 16.4. The summed E-state index contributed by atoms with van der Waals surface area (Å²) in [7, 11) is 0. The average molecular weight is 363 g/mol. The quantitative estimate of drug-likeness (QED) is 0.868. The summed E-state index contributed by atoms with van der Waals surface area (Å²) < 4.78 is 14.4. The number of ether oxygens (including phenoxy) is 2. The maximum Gasteiger partial charge on any atom is 0.280 e. The standard InChI is InChI=1S/C18H29N5O3/c1-17(2,3)8-11-10(26-18(4,5)6)7-12(25-11)23-9-20-13-14(23)21-16(19)22-15(13)24/h9-12H,7-8H2,1-6H3,(H3,19,21,22,24)/t10-,11+,12+/m0/s1. The maximum atomic E-state index is 12.0. The van der Waals surface area contributed by atoms with E-state index in [4.69, 9.17) is 15.2 Å². The Morgan fingerprint density at radius 3 is 2.65 bits per heavy atom. The second-order valence-corrected chi connectivity index (χ2v) is 9.17. The van der Waals surface area contributed by atoms with Gasteiger partial charge in [-0.2, -0.15) is 4.98 Å². The van der Waals surface area contributed by atoms with E-state index in [1.165, 1.54) is 0 Å². The summed E-state index contributed by atoms with van der Waals surface area (Å²) in [4.78, 5) is 22.9. The van der Waals surface area contributed by atoms with Gasteiger partial charge in [0.2, 0.25) is 5.95 Å². The molecule has 3 atom stereocenters. The summed E-state index contributed by atoms with van der Waals surface area (Å²) >= 11 is 0. The number of H-pyrrole nitrogens is 1. The highest BCUT2D eigenvalue weighted by Crippen LogP contribution is 2.39. The SMILES string of the molecule is CC(C)(C)C[C@H]1O[C@@H](n2cnc3c(=O)[nH]c(N)nc32)C[C@@H]1OC(C)(C)C. The van der Waals surface area contributed by atoms with Gasteiger partial charge in [0.25, 0.3) is 5.56 Å². The number of nitrogen functional groups attached to an aromatic ring is 1. The van der Waals surface area contributed by atoms with E-state index in [9.17, 15) is 4.79 Å². The van der Waals surface area contributed by atoms with Crippen LogP contribution in [0.25, 0.3) is 11.2 Å². The minimum absolute atomic E-state index is 0.0454. The van der Waals surface area contributed by atoms with E-state index >= 15 is 0 Å². The van der Waals surface area contributed by atoms with Gasteiger partial charge in [0.15, 0.2) is 11.2 Å². The molecule has 8 nitrogen and oxygen atoms in total. The Labute approximate surface area is 153 Å². The second kappa shape index (κ2) is 6.35. The number of nitrogens with one attached hydrogen (secondary N) is 1. The molecule has 0 unspecified atom stereocenters. The molecule has 0 spiro atoms. The molecule has 3 rings (SSSR count). The van der Waals surface area contributed by atoms with E-state index < -0.39 is 0 Å². The predicted molar refractivity (Wildman–Crippen MR) is 99.8 cm³/mol. The van der Waals surface area contributed by atoms with Crippen molar-refractivity contribution in [1.82, 2.24) is 19.5 Å². The lowest BCUT2D eigenvalue weighted by Crippen LogP contribution is -2.35. The molecule has 26 heavy (non-hydrogen) atoms. The molecule has 1 aliphatic heterocycles. The monoisotopic (exact) mass is 363 g/mol. The second-order valence-electron chi connectivity index (χ2n) is 9.17. The Morgan fingerprint density at radius 1 is 1.35 bits per heavy atom. The number of aromatic nitrogens is 4. The van der Waals surface area contributed by atoms with Crippen molar-refractivity contribution in [3.8, 4) is 0 Å². The summed E-state index contributed by atoms with van der Waals surface area (Å²) in [5.74, 6) is 0.0657. The number of hydrogen-bond acceptors (Lipinski definition) is 6. The smallest absolute Gasteiger partial charge is 0.280 e. The van der Waals surface area contributed by atoms with Crippen molar-refractivity contribution in [2.75, 3.05) is 5.73 Å². The molecular formula is C18H29N5O3. The Hall–Kier alpha value is -1.93. The number of rotatable bonds is 3. The number of hydrogen-bond donors (Lipinski definition) is 2. The zero-order valence-electron chi connectivity index (χ0n) is 16.4. The summed E-state index contributed by atoms with van der Waals surface area (Å²) in [6.07, 6.45) is 2.73. The molecule has 0 aromatic carbocycles. The van der Waals surface area contributed by atoms with Gasteiger partial charge < -0.3 is 15.2 Å². The van der Waals surface area contributed by atoms with Crippen molar-refractivity contribution in [2.24, 2.45) is 5.41 Å². The maximum absolute atomic E-state index is 12.0. The Balaban J connectivity index is 1.93. The van der Waals surface area contributed by atoms with Crippen LogP contribution in [-0.4, -0.2) is 37.3 Å². The van der Waals surface area contributed by atoms with Crippen molar-refractivity contribution in [2.45, 2.75) is 78.4 Å². The molecule has 3 heterocycles. The highest BCUT2D eigenvalue weighted by atomic mass is 16.6. The van der Waals surface area contributed by atoms with Gasteiger partial charge in [0.05, 0.1) is 24.1 Å². The minimum atomic E-state index is -0.349. The van der Waals surface area contributed by atoms with Gasteiger partial charge in [0, 0.05) is 6.42 Å². The highest BCUT2D eigenvalue weighted by Gasteiger charge is 2.41. The normalized spacial score (nSPS) is 24.5. The third-order valence-corrected chi connectivity index (χ3v) is 4.26. The van der Waals surface area contributed by atoms with E-state index in [1.807, 2.05) is 20.8 Å². The van der Waals surface area contributed by atoms with E-state index in [1.54, 1.807) is 10.9 Å². The van der Waals surface area contributed by atoms with Crippen molar-refractivity contribution >= 4 is 17.1 Å². The summed E-state index contributed by atoms with van der Waals surface area (Å²) in [5.41, 5.74) is 5.88. The molecule has 0 saturated carbocycles. The molecule has 3 N–H and O–H groups in total. The number of nitrogens with zero attached hydrogens (tertiary/aromatic N) is 3. The number of imidazole rings is 1. The van der Waals surface area contributed by atoms with Crippen LogP contribution in [0.3, 0.4) is 0 Å². The van der Waals surface area contributed by atoms with Crippen LogP contribution in [0.15, 0.2) is 11.1 Å². The Kier molecular flexibility index (Phi) is 4.60. The fourth-order valence-corrected chi connectivity index (χ4v) is 3.39. The molecule has 0 bridgehead atoms. The highest BCUT2D eigenvalue weighted by molar-refractivity contribution is 5.70. The van der Waals surface area contributed by atoms with Crippen molar-refractivity contribution in [1.29, 1.82) is 0 Å². The lowest BCUT2D eigenvalue weighted by Gasteiger charge is -2.31. The molecular weight excluding hydrogens is 334 g/mol. The third-order valence-electron chi connectivity index (χ3n) is 4.26. The average Bonchev–Trinajstić information content (AvgIpc) is 3.00. The van der Waals surface area contributed by atoms with Crippen LogP contribution < -0.4 is 11.3 Å². The first kappa shape index (κ1) is 18.8. The molecule has 2 aromatic rings. The molecule has 1 aliphatic rings. The first-order chi connectivity index (χ1) is 11.9. The van der Waals surface area contributed by atoms with Gasteiger partial charge in [-0.15, -0.1) is 0 Å². The van der Waals surface area contributed by atoms with Gasteiger partial charge in [-0.3, -0.25) is 14.3 Å². The Morgan fingerprint density at radius 2 is 2.04 bits per heavy atom. The van der Waals surface area contributed by atoms with Crippen molar-refractivity contribution in [3.05, 3.63) is 16.7 Å². The number of fused-ring (bicyclic) bond motifs is 1. The van der Waals surface area contributed by atoms with Gasteiger partial charge in [0.1, 0.15) is 6.23 Å². The van der Waals surface area contributed by atoms with Crippen molar-refractivity contribution < 1.29 is 9.47 Å². The number of nitrogens with two attached hydrogens (primary N) is 1. The molecule has 2 aromatic heterocycles. The van der Waals surface area contributed by atoms with Crippen LogP contribution in [0, 0.1) is 5.41 Å². The third kappa shape index (κ3) is 4.07. The molecule has 1 fully saturated rings. The van der Waals surface area contributed by atoms with Crippen LogP contribution >= 0.6 is 0 Å². The number of aromatic amines is 1. The van der Waals surface area contributed by atoms with Crippen LogP contribution in [0.4, 0.5) is 5.95 Å². The minimum Gasteiger partial charge on any atom is -0.370 e. The predicted octanol–water partition coefficient (Wildman–Crippen LogP) is 2.61. The van der Waals surface area contributed by atoms with Crippen LogP contribution in [0.2, 0.25) is 0 Å². The zero-order chi connectivity index (χ0) is 19.3. The lowest BCUT2D eigenvalue weighted by molar-refractivity contribution is -0.102. The summed E-state index contributed by atoms with van der Waals surface area (Å²) in [6, 6.07) is 0. The van der Waals surface area contributed by atoms with Crippen LogP contribution in [0.1, 0.15) is 60.6 Å². The van der Waals surface area contributed by atoms with Crippen molar-refractivity contribution in [3.63, 3.8) is 0 Å². The van der Waals surface area contributed by atoms with Crippen LogP contribution in [-0.2, 0) is 9.47 Å². The lowest BCUT2D eigenvalue weighted by atomic mass is 9.87. The fraction of sp³-hybridized carbons (Fsp3) is 0.722. The molecule has 144 valence electrons. The first-order valence-electron chi connectivity index (χ1n) is 8.98. The molecule has 8 heteroatoms. The van der Waals surface area contributed by atoms with Gasteiger partial charge >= 0.3 is 0 Å². The molecule has 0 amide bonds. The van der Waals surface area contributed by atoms with Crippen LogP contribution in [0.5, 0.6) is 0 Å².